The van der Waals surface area contributed by atoms with Crippen molar-refractivity contribution in [2.75, 3.05) is 19.5 Å². The first kappa shape index (κ1) is 14.5. The van der Waals surface area contributed by atoms with Gasteiger partial charge in [-0.05, 0) is 18.2 Å². The highest BCUT2D eigenvalue weighted by Gasteiger charge is 2.09. The number of phenolic OH excluding ortho intramolecular Hbond substituents is 1. The second kappa shape index (κ2) is 6.53. The number of nitrogens with zero attached hydrogens (tertiary/aromatic N) is 1. The molecule has 0 spiro atoms. The van der Waals surface area contributed by atoms with Crippen molar-refractivity contribution in [1.82, 2.24) is 0 Å². The second-order valence-electron chi connectivity index (χ2n) is 4.35. The summed E-state index contributed by atoms with van der Waals surface area (Å²) in [4.78, 5) is 0. The van der Waals surface area contributed by atoms with E-state index in [-0.39, 0.29) is 5.75 Å². The summed E-state index contributed by atoms with van der Waals surface area (Å²) in [5.41, 5.74) is 1.99. The van der Waals surface area contributed by atoms with Gasteiger partial charge >= 0.3 is 0 Å². The van der Waals surface area contributed by atoms with Gasteiger partial charge in [0.1, 0.15) is 5.75 Å². The van der Waals surface area contributed by atoms with Crippen LogP contribution in [-0.4, -0.2) is 19.3 Å². The first-order valence-electron chi connectivity index (χ1n) is 6.36. The van der Waals surface area contributed by atoms with Gasteiger partial charge in [0.15, 0.2) is 11.5 Å². The van der Waals surface area contributed by atoms with Crippen LogP contribution in [0, 0.1) is 11.3 Å². The van der Waals surface area contributed by atoms with Gasteiger partial charge in [-0.25, -0.2) is 0 Å². The average Bonchev–Trinajstić information content (AvgIpc) is 2.53. The molecule has 2 aromatic rings. The number of hydrogen-bond acceptors (Lipinski definition) is 5. The molecule has 5 heteroatoms. The molecule has 0 bridgehead atoms. The lowest BCUT2D eigenvalue weighted by atomic mass is 10.1. The third kappa shape index (κ3) is 3.18. The van der Waals surface area contributed by atoms with Crippen molar-refractivity contribution in [3.05, 3.63) is 47.5 Å². The molecule has 2 aromatic carbocycles. The monoisotopic (exact) mass is 284 g/mol. The molecular formula is C16H16N2O3. The van der Waals surface area contributed by atoms with Crippen molar-refractivity contribution in [3.63, 3.8) is 0 Å². The number of benzene rings is 2. The topological polar surface area (TPSA) is 74.5 Å². The van der Waals surface area contributed by atoms with Crippen LogP contribution in [0.2, 0.25) is 0 Å². The Morgan fingerprint density at radius 2 is 1.90 bits per heavy atom. The van der Waals surface area contributed by atoms with Gasteiger partial charge in [0.2, 0.25) is 0 Å². The van der Waals surface area contributed by atoms with Gasteiger partial charge in [-0.2, -0.15) is 5.26 Å². The summed E-state index contributed by atoms with van der Waals surface area (Å²) in [5, 5.41) is 22.1. The third-order valence-electron chi connectivity index (χ3n) is 3.10. The summed E-state index contributed by atoms with van der Waals surface area (Å²) >= 11 is 0. The van der Waals surface area contributed by atoms with Crippen LogP contribution in [-0.2, 0) is 6.54 Å². The lowest BCUT2D eigenvalue weighted by Gasteiger charge is -2.13. The molecule has 0 saturated heterocycles. The van der Waals surface area contributed by atoms with Gasteiger partial charge < -0.3 is 19.9 Å². The largest absolute Gasteiger partial charge is 0.504 e. The van der Waals surface area contributed by atoms with Gasteiger partial charge in [-0.1, -0.05) is 12.1 Å². The van der Waals surface area contributed by atoms with E-state index in [1.165, 1.54) is 7.11 Å². The molecule has 0 saturated carbocycles. The lowest BCUT2D eigenvalue weighted by Crippen LogP contribution is -2.02. The normalized spacial score (nSPS) is 9.76. The fourth-order valence-electron chi connectivity index (χ4n) is 1.97. The zero-order valence-electron chi connectivity index (χ0n) is 11.9. The molecule has 108 valence electrons. The number of ether oxygens (including phenoxy) is 2. The Morgan fingerprint density at radius 3 is 2.57 bits per heavy atom. The first-order valence-corrected chi connectivity index (χ1v) is 6.36. The zero-order chi connectivity index (χ0) is 15.2. The van der Waals surface area contributed by atoms with Crippen molar-refractivity contribution < 1.29 is 14.6 Å². The van der Waals surface area contributed by atoms with Gasteiger partial charge in [-0.3, -0.25) is 0 Å². The van der Waals surface area contributed by atoms with E-state index in [1.54, 1.807) is 37.4 Å². The van der Waals surface area contributed by atoms with Crippen molar-refractivity contribution in [1.29, 1.82) is 5.26 Å². The SMILES string of the molecule is COc1cc(C#N)ccc1NCc1cccc(OC)c1O. The number of anilines is 1. The van der Waals surface area contributed by atoms with Gasteiger partial charge in [-0.15, -0.1) is 0 Å². The van der Waals surface area contributed by atoms with E-state index >= 15 is 0 Å². The molecule has 0 amide bonds. The molecular weight excluding hydrogens is 268 g/mol. The Morgan fingerprint density at radius 1 is 1.14 bits per heavy atom. The Balaban J connectivity index is 2.19. The van der Waals surface area contributed by atoms with E-state index in [0.29, 0.717) is 29.2 Å². The van der Waals surface area contributed by atoms with E-state index in [9.17, 15) is 5.11 Å². The Kier molecular flexibility index (Phi) is 4.52. The number of phenols is 1. The van der Waals surface area contributed by atoms with Crippen LogP contribution in [0.5, 0.6) is 17.2 Å². The molecule has 2 rings (SSSR count). The minimum absolute atomic E-state index is 0.111. The number of nitrogens with one attached hydrogen (secondary N) is 1. The van der Waals surface area contributed by atoms with Gasteiger partial charge in [0, 0.05) is 18.2 Å². The number of hydrogen-bond donors (Lipinski definition) is 2. The highest BCUT2D eigenvalue weighted by Crippen LogP contribution is 2.31. The summed E-state index contributed by atoms with van der Waals surface area (Å²) in [6.07, 6.45) is 0. The number of rotatable bonds is 5. The van der Waals surface area contributed by atoms with Gasteiger partial charge in [0.05, 0.1) is 31.5 Å². The Bertz CT molecular complexity index is 678. The number of nitriles is 1. The smallest absolute Gasteiger partial charge is 0.162 e. The van der Waals surface area contributed by atoms with Crippen LogP contribution in [0.15, 0.2) is 36.4 Å². The third-order valence-corrected chi connectivity index (χ3v) is 3.10. The lowest BCUT2D eigenvalue weighted by molar-refractivity contribution is 0.371. The van der Waals surface area contributed by atoms with E-state index in [4.69, 9.17) is 14.7 Å². The predicted octanol–water partition coefficient (Wildman–Crippen LogP) is 2.89. The number of para-hydroxylation sites is 1. The van der Waals surface area contributed by atoms with Crippen molar-refractivity contribution in [3.8, 4) is 23.3 Å². The molecule has 0 aliphatic carbocycles. The minimum atomic E-state index is 0.111. The van der Waals surface area contributed by atoms with Crippen molar-refractivity contribution in [2.24, 2.45) is 0 Å². The zero-order valence-corrected chi connectivity index (χ0v) is 11.9. The maximum atomic E-state index is 10.0. The van der Waals surface area contributed by atoms with E-state index < -0.39 is 0 Å². The molecule has 0 radical (unpaired) electrons. The predicted molar refractivity (Wildman–Crippen MR) is 79.7 cm³/mol. The molecule has 21 heavy (non-hydrogen) atoms. The molecule has 0 heterocycles. The number of methoxy groups -OCH3 is 2. The quantitative estimate of drug-likeness (QED) is 0.883. The molecule has 0 aliphatic heterocycles. The molecule has 2 N–H and O–H groups in total. The molecule has 0 fully saturated rings. The summed E-state index contributed by atoms with van der Waals surface area (Å²) < 4.78 is 10.3. The maximum Gasteiger partial charge on any atom is 0.162 e. The van der Waals surface area contributed by atoms with E-state index in [0.717, 1.165) is 5.69 Å². The Labute approximate surface area is 123 Å². The van der Waals surface area contributed by atoms with Gasteiger partial charge in [0.25, 0.3) is 0 Å². The maximum absolute atomic E-state index is 10.0. The summed E-state index contributed by atoms with van der Waals surface area (Å²) in [6, 6.07) is 12.5. The van der Waals surface area contributed by atoms with Crippen molar-refractivity contribution in [2.45, 2.75) is 6.54 Å². The highest BCUT2D eigenvalue weighted by molar-refractivity contribution is 5.60. The Hall–Kier alpha value is -2.87. The minimum Gasteiger partial charge on any atom is -0.504 e. The number of aromatic hydroxyl groups is 1. The standard InChI is InChI=1S/C16H16N2O3/c1-20-14-5-3-4-12(16(14)19)10-18-13-7-6-11(9-17)8-15(13)21-2/h3-8,18-19H,10H2,1-2H3. The summed E-state index contributed by atoms with van der Waals surface area (Å²) in [5.74, 6) is 1.12. The summed E-state index contributed by atoms with van der Waals surface area (Å²) in [7, 11) is 3.06. The van der Waals surface area contributed by atoms with Crippen LogP contribution < -0.4 is 14.8 Å². The summed E-state index contributed by atoms with van der Waals surface area (Å²) in [6.45, 7) is 0.408. The van der Waals surface area contributed by atoms with Crippen LogP contribution in [0.4, 0.5) is 5.69 Å². The molecule has 0 unspecified atom stereocenters. The first-order chi connectivity index (χ1) is 10.2. The molecule has 0 atom stereocenters. The van der Waals surface area contributed by atoms with E-state index in [2.05, 4.69) is 11.4 Å². The molecule has 0 aliphatic rings. The average molecular weight is 284 g/mol. The fraction of sp³-hybridized carbons (Fsp3) is 0.188. The van der Waals surface area contributed by atoms with E-state index in [1.807, 2.05) is 6.07 Å². The fourth-order valence-corrected chi connectivity index (χ4v) is 1.97. The van der Waals surface area contributed by atoms with Crippen LogP contribution in [0.3, 0.4) is 0 Å². The molecule has 5 nitrogen and oxygen atoms in total. The van der Waals surface area contributed by atoms with Crippen LogP contribution in [0.1, 0.15) is 11.1 Å². The second-order valence-corrected chi connectivity index (χ2v) is 4.35. The van der Waals surface area contributed by atoms with Crippen LogP contribution >= 0.6 is 0 Å². The highest BCUT2D eigenvalue weighted by atomic mass is 16.5. The van der Waals surface area contributed by atoms with Crippen molar-refractivity contribution >= 4 is 5.69 Å². The van der Waals surface area contributed by atoms with Crippen LogP contribution in [0.25, 0.3) is 0 Å². The molecule has 0 aromatic heterocycles.